The van der Waals surface area contributed by atoms with Crippen molar-refractivity contribution < 1.29 is 4.39 Å². The summed E-state index contributed by atoms with van der Waals surface area (Å²) in [6, 6.07) is 6.53. The summed E-state index contributed by atoms with van der Waals surface area (Å²) in [5.41, 5.74) is 2.71. The van der Waals surface area contributed by atoms with Crippen LogP contribution in [0.3, 0.4) is 0 Å². The highest BCUT2D eigenvalue weighted by molar-refractivity contribution is 7.71. The average Bonchev–Trinajstić information content (AvgIpc) is 2.27. The predicted octanol–water partition coefficient (Wildman–Crippen LogP) is 4.38. The second kappa shape index (κ2) is 4.98. The number of aromatic amines is 1. The summed E-state index contributed by atoms with van der Waals surface area (Å²) < 4.78 is 13.7. The van der Waals surface area contributed by atoms with Crippen molar-refractivity contribution >= 4 is 12.2 Å². The smallest absolute Gasteiger partial charge is 0.130 e. The lowest BCUT2D eigenvalue weighted by atomic mass is 10.1. The molecule has 0 saturated heterocycles. The Bertz CT molecular complexity index is 632. The number of rotatable bonds is 2. The SMILES string of the molecule is Cc1cc(F)ccc1-c1cc(=S)nc(C(C)C)[nH]1. The Hall–Kier alpha value is -1.55. The third-order valence-electron chi connectivity index (χ3n) is 2.79. The lowest BCUT2D eigenvalue weighted by Gasteiger charge is -2.10. The normalized spacial score (nSPS) is 10.9. The zero-order valence-electron chi connectivity index (χ0n) is 10.6. The lowest BCUT2D eigenvalue weighted by Crippen LogP contribution is -2.00. The summed E-state index contributed by atoms with van der Waals surface area (Å²) in [6.07, 6.45) is 0. The maximum atomic E-state index is 13.1. The molecule has 1 N–H and O–H groups in total. The molecule has 2 rings (SSSR count). The van der Waals surface area contributed by atoms with Gasteiger partial charge in [0, 0.05) is 17.2 Å². The van der Waals surface area contributed by atoms with Crippen LogP contribution in [-0.2, 0) is 0 Å². The molecule has 0 saturated carbocycles. The summed E-state index contributed by atoms with van der Waals surface area (Å²) >= 11 is 5.17. The first-order chi connectivity index (χ1) is 8.47. The third-order valence-corrected chi connectivity index (χ3v) is 3.00. The molecule has 4 heteroatoms. The quantitative estimate of drug-likeness (QED) is 0.814. The molecule has 0 aliphatic heterocycles. The number of aryl methyl sites for hydroxylation is 1. The Morgan fingerprint density at radius 1 is 1.28 bits per heavy atom. The van der Waals surface area contributed by atoms with Gasteiger partial charge >= 0.3 is 0 Å². The van der Waals surface area contributed by atoms with Gasteiger partial charge < -0.3 is 4.98 Å². The second-order valence-electron chi connectivity index (χ2n) is 4.63. The molecule has 2 nitrogen and oxygen atoms in total. The fourth-order valence-electron chi connectivity index (χ4n) is 1.82. The van der Waals surface area contributed by atoms with Crippen molar-refractivity contribution in [1.82, 2.24) is 9.97 Å². The third kappa shape index (κ3) is 2.64. The van der Waals surface area contributed by atoms with Crippen molar-refractivity contribution in [1.29, 1.82) is 0 Å². The zero-order valence-corrected chi connectivity index (χ0v) is 11.4. The van der Waals surface area contributed by atoms with Crippen LogP contribution in [-0.4, -0.2) is 9.97 Å². The van der Waals surface area contributed by atoms with E-state index < -0.39 is 0 Å². The van der Waals surface area contributed by atoms with Gasteiger partial charge in [0.1, 0.15) is 16.3 Å². The molecule has 1 heterocycles. The minimum atomic E-state index is -0.229. The monoisotopic (exact) mass is 262 g/mol. The molecule has 18 heavy (non-hydrogen) atoms. The van der Waals surface area contributed by atoms with E-state index in [9.17, 15) is 4.39 Å². The number of hydrogen-bond acceptors (Lipinski definition) is 2. The lowest BCUT2D eigenvalue weighted by molar-refractivity contribution is 0.627. The van der Waals surface area contributed by atoms with Crippen molar-refractivity contribution in [3.63, 3.8) is 0 Å². The molecule has 0 aliphatic carbocycles. The number of aromatic nitrogens is 2. The van der Waals surface area contributed by atoms with E-state index in [1.165, 1.54) is 12.1 Å². The van der Waals surface area contributed by atoms with Gasteiger partial charge in [-0.2, -0.15) is 0 Å². The first-order valence-electron chi connectivity index (χ1n) is 5.85. The van der Waals surface area contributed by atoms with E-state index in [-0.39, 0.29) is 11.7 Å². The minimum Gasteiger partial charge on any atom is -0.343 e. The minimum absolute atomic E-state index is 0.229. The molecule has 0 aliphatic rings. The summed E-state index contributed by atoms with van der Waals surface area (Å²) in [7, 11) is 0. The van der Waals surface area contributed by atoms with Gasteiger partial charge in [-0.15, -0.1) is 0 Å². The number of nitrogens with one attached hydrogen (secondary N) is 1. The van der Waals surface area contributed by atoms with Gasteiger partial charge in [0.05, 0.1) is 0 Å². The Morgan fingerprint density at radius 2 is 2.00 bits per heavy atom. The molecule has 0 bridgehead atoms. The van der Waals surface area contributed by atoms with Gasteiger partial charge in [-0.3, -0.25) is 0 Å². The van der Waals surface area contributed by atoms with Crippen molar-refractivity contribution in [2.45, 2.75) is 26.7 Å². The maximum Gasteiger partial charge on any atom is 0.130 e. The van der Waals surface area contributed by atoms with Crippen molar-refractivity contribution in [3.8, 4) is 11.3 Å². The highest BCUT2D eigenvalue weighted by Crippen LogP contribution is 2.23. The van der Waals surface area contributed by atoms with Gasteiger partial charge in [-0.1, -0.05) is 26.1 Å². The first-order valence-corrected chi connectivity index (χ1v) is 6.26. The Kier molecular flexibility index (Phi) is 3.57. The molecule has 2 aromatic rings. The summed E-state index contributed by atoms with van der Waals surface area (Å²) in [5, 5.41) is 0. The maximum absolute atomic E-state index is 13.1. The molecule has 0 unspecified atom stereocenters. The number of nitrogens with zero attached hydrogens (tertiary/aromatic N) is 1. The number of H-pyrrole nitrogens is 1. The van der Waals surface area contributed by atoms with Crippen molar-refractivity contribution in [2.75, 3.05) is 0 Å². The van der Waals surface area contributed by atoms with Crippen LogP contribution in [0.1, 0.15) is 31.2 Å². The molecule has 0 radical (unpaired) electrons. The van der Waals surface area contributed by atoms with Crippen LogP contribution in [0.4, 0.5) is 4.39 Å². The van der Waals surface area contributed by atoms with Crippen LogP contribution < -0.4 is 0 Å². The number of halogens is 1. The van der Waals surface area contributed by atoms with Crippen LogP contribution in [0.15, 0.2) is 24.3 Å². The van der Waals surface area contributed by atoms with E-state index in [2.05, 4.69) is 23.8 Å². The molecule has 1 aromatic carbocycles. The molecule has 0 fully saturated rings. The van der Waals surface area contributed by atoms with E-state index in [1.54, 1.807) is 12.1 Å². The zero-order chi connectivity index (χ0) is 13.3. The molecular weight excluding hydrogens is 247 g/mol. The largest absolute Gasteiger partial charge is 0.343 e. The molecule has 1 aromatic heterocycles. The predicted molar refractivity (Wildman–Crippen MR) is 73.6 cm³/mol. The van der Waals surface area contributed by atoms with Gasteiger partial charge in [-0.05, 0) is 36.8 Å². The van der Waals surface area contributed by atoms with Gasteiger partial charge in [0.25, 0.3) is 0 Å². The van der Waals surface area contributed by atoms with E-state index in [0.717, 1.165) is 22.6 Å². The first kappa shape index (κ1) is 12.9. The van der Waals surface area contributed by atoms with Gasteiger partial charge in [0.15, 0.2) is 0 Å². The summed E-state index contributed by atoms with van der Waals surface area (Å²) in [5.74, 6) is 0.890. The fraction of sp³-hybridized carbons (Fsp3) is 0.286. The summed E-state index contributed by atoms with van der Waals surface area (Å²) in [6.45, 7) is 5.98. The van der Waals surface area contributed by atoms with E-state index >= 15 is 0 Å². The molecule has 0 amide bonds. The van der Waals surface area contributed by atoms with Crippen LogP contribution in [0, 0.1) is 17.4 Å². The molecule has 0 atom stereocenters. The number of hydrogen-bond donors (Lipinski definition) is 1. The molecular formula is C14H15FN2S. The molecule has 0 spiro atoms. The Labute approximate surface area is 111 Å². The fourth-order valence-corrected chi connectivity index (χ4v) is 2.04. The average molecular weight is 262 g/mol. The standard InChI is InChI=1S/C14H15FN2S/c1-8(2)14-16-12(7-13(18)17-14)11-5-4-10(15)6-9(11)3/h4-8H,1-3H3,(H,16,17,18). The van der Waals surface area contributed by atoms with Gasteiger partial charge in [0.2, 0.25) is 0 Å². The number of benzene rings is 1. The Morgan fingerprint density at radius 3 is 2.61 bits per heavy atom. The highest BCUT2D eigenvalue weighted by atomic mass is 32.1. The molecule has 94 valence electrons. The Balaban J connectivity index is 2.60. The van der Waals surface area contributed by atoms with Crippen LogP contribution >= 0.6 is 12.2 Å². The topological polar surface area (TPSA) is 28.7 Å². The van der Waals surface area contributed by atoms with E-state index in [4.69, 9.17) is 12.2 Å². The van der Waals surface area contributed by atoms with Crippen molar-refractivity contribution in [3.05, 3.63) is 46.1 Å². The van der Waals surface area contributed by atoms with E-state index in [1.807, 2.05) is 6.92 Å². The van der Waals surface area contributed by atoms with Crippen LogP contribution in [0.5, 0.6) is 0 Å². The van der Waals surface area contributed by atoms with Gasteiger partial charge in [-0.25, -0.2) is 9.37 Å². The second-order valence-corrected chi connectivity index (χ2v) is 5.05. The highest BCUT2D eigenvalue weighted by Gasteiger charge is 2.07. The van der Waals surface area contributed by atoms with E-state index in [0.29, 0.717) is 4.64 Å². The van der Waals surface area contributed by atoms with Crippen molar-refractivity contribution in [2.24, 2.45) is 0 Å². The van der Waals surface area contributed by atoms with Crippen LogP contribution in [0.2, 0.25) is 0 Å². The van der Waals surface area contributed by atoms with Crippen LogP contribution in [0.25, 0.3) is 11.3 Å². The summed E-state index contributed by atoms with van der Waals surface area (Å²) in [4.78, 5) is 7.55.